The number of allylic oxidation sites excluding steroid dienone is 2. The summed E-state index contributed by atoms with van der Waals surface area (Å²) >= 11 is 0. The Morgan fingerprint density at radius 2 is 0.966 bits per heavy atom. The second-order valence-electron chi connectivity index (χ2n) is 5.82. The number of aromatic hydroxyl groups is 2. The van der Waals surface area contributed by atoms with Crippen molar-refractivity contribution in [1.29, 1.82) is 0 Å². The molecule has 160 valence electrons. The molecule has 2 aromatic carbocycles. The van der Waals surface area contributed by atoms with Crippen molar-refractivity contribution in [2.24, 2.45) is 0 Å². The highest BCUT2D eigenvalue weighted by Crippen LogP contribution is 2.53. The second kappa shape index (κ2) is 10.7. The smallest absolute Gasteiger partial charge is 0.478 e. The van der Waals surface area contributed by atoms with E-state index < -0.39 is 15.6 Å². The van der Waals surface area contributed by atoms with Crippen molar-refractivity contribution in [3.8, 4) is 11.5 Å². The van der Waals surface area contributed by atoms with Gasteiger partial charge in [-0.05, 0) is 59.4 Å². The van der Waals surface area contributed by atoms with Crippen LogP contribution in [0.2, 0.25) is 0 Å². The molecule has 0 bridgehead atoms. The first-order chi connectivity index (χ1) is 13.4. The molecular formula is C18H24O9P2. The molecule has 0 atom stereocenters. The minimum atomic E-state index is -5.05. The van der Waals surface area contributed by atoms with E-state index in [0.29, 0.717) is 0 Å². The van der Waals surface area contributed by atoms with Gasteiger partial charge in [0, 0.05) is 0 Å². The van der Waals surface area contributed by atoms with E-state index in [-0.39, 0.29) is 11.5 Å². The Hall–Kier alpha value is -1.96. The van der Waals surface area contributed by atoms with E-state index in [1.54, 1.807) is 24.3 Å². The third-order valence-corrected chi connectivity index (χ3v) is 5.42. The summed E-state index contributed by atoms with van der Waals surface area (Å²) in [4.78, 5) is 31.0. The third-order valence-electron chi connectivity index (χ3n) is 3.72. The largest absolute Gasteiger partial charge is 0.508 e. The third kappa shape index (κ3) is 9.39. The quantitative estimate of drug-likeness (QED) is 0.284. The standard InChI is InChI=1S/C18H20O2.H4O7P2/c1-3-17(13-5-9-15(19)10-6-13)18(4-2)14-7-11-16(20)12-8-14;1-8(2,3)7-9(4,5)6/h5-12,19-20H,3-4H2,1-2H3;(H2,1,2,3)(H2,4,5,6). The summed E-state index contributed by atoms with van der Waals surface area (Å²) in [5.74, 6) is 0.568. The van der Waals surface area contributed by atoms with Crippen LogP contribution in [0, 0.1) is 0 Å². The summed E-state index contributed by atoms with van der Waals surface area (Å²) in [6, 6.07) is 14.7. The van der Waals surface area contributed by atoms with Crippen LogP contribution < -0.4 is 0 Å². The van der Waals surface area contributed by atoms with E-state index in [2.05, 4.69) is 18.2 Å². The first-order valence-corrected chi connectivity index (χ1v) is 11.6. The van der Waals surface area contributed by atoms with Gasteiger partial charge in [0.2, 0.25) is 0 Å². The molecule has 0 aromatic heterocycles. The molecule has 9 nitrogen and oxygen atoms in total. The van der Waals surface area contributed by atoms with Gasteiger partial charge in [-0.3, -0.25) is 0 Å². The molecule has 0 spiro atoms. The van der Waals surface area contributed by atoms with Crippen LogP contribution >= 0.6 is 15.6 Å². The molecule has 6 N–H and O–H groups in total. The van der Waals surface area contributed by atoms with Gasteiger partial charge in [0.1, 0.15) is 11.5 Å². The molecule has 2 aromatic rings. The summed E-state index contributed by atoms with van der Waals surface area (Å²) in [5.41, 5.74) is 4.82. The van der Waals surface area contributed by atoms with Crippen LogP contribution in [-0.2, 0) is 13.4 Å². The molecule has 0 saturated carbocycles. The molecule has 0 fully saturated rings. The Morgan fingerprint density at radius 3 is 1.14 bits per heavy atom. The van der Waals surface area contributed by atoms with Gasteiger partial charge in [-0.1, -0.05) is 38.1 Å². The van der Waals surface area contributed by atoms with Crippen molar-refractivity contribution in [3.05, 3.63) is 59.7 Å². The molecule has 0 unspecified atom stereocenters. The Kier molecular flexibility index (Phi) is 9.26. The van der Waals surface area contributed by atoms with Crippen molar-refractivity contribution in [3.63, 3.8) is 0 Å². The van der Waals surface area contributed by atoms with Gasteiger partial charge in [0.25, 0.3) is 0 Å². The molecule has 11 heteroatoms. The maximum atomic E-state index is 9.63. The number of hydrogen-bond acceptors (Lipinski definition) is 5. The number of phenolic OH excluding ortho intramolecular Hbond substituents is 2. The summed E-state index contributed by atoms with van der Waals surface area (Å²) in [6.07, 6.45) is 1.85. The van der Waals surface area contributed by atoms with Gasteiger partial charge in [-0.25, -0.2) is 9.13 Å². The molecule has 0 saturated heterocycles. The van der Waals surface area contributed by atoms with Gasteiger partial charge >= 0.3 is 15.6 Å². The van der Waals surface area contributed by atoms with E-state index in [4.69, 9.17) is 19.6 Å². The summed E-state index contributed by atoms with van der Waals surface area (Å²) in [5, 5.41) is 18.8. The highest BCUT2D eigenvalue weighted by Gasteiger charge is 2.27. The minimum absolute atomic E-state index is 0.284. The highest BCUT2D eigenvalue weighted by molar-refractivity contribution is 7.60. The predicted octanol–water partition coefficient (Wildman–Crippen LogP) is 4.02. The van der Waals surface area contributed by atoms with E-state index in [1.807, 2.05) is 24.3 Å². The number of hydrogen-bond donors (Lipinski definition) is 6. The SMILES string of the molecule is CCC(=C(CC)c1ccc(O)cc1)c1ccc(O)cc1.O=P(O)(O)OP(=O)(O)O. The van der Waals surface area contributed by atoms with Crippen LogP contribution in [0.5, 0.6) is 11.5 Å². The molecule has 0 aliphatic rings. The van der Waals surface area contributed by atoms with Crippen LogP contribution in [0.25, 0.3) is 11.1 Å². The number of phosphoric acid groups is 2. The van der Waals surface area contributed by atoms with E-state index in [9.17, 15) is 19.3 Å². The lowest BCUT2D eigenvalue weighted by Crippen LogP contribution is -1.91. The number of benzene rings is 2. The summed E-state index contributed by atoms with van der Waals surface area (Å²) < 4.78 is 22.2. The second-order valence-corrected chi connectivity index (χ2v) is 8.44. The average Bonchev–Trinajstić information content (AvgIpc) is 2.59. The van der Waals surface area contributed by atoms with Crippen LogP contribution in [0.1, 0.15) is 37.8 Å². The Bertz CT molecular complexity index is 834. The first kappa shape index (κ1) is 25.1. The van der Waals surface area contributed by atoms with Crippen LogP contribution in [0.3, 0.4) is 0 Å². The maximum Gasteiger partial charge on any atom is 0.478 e. The Morgan fingerprint density at radius 1 is 0.690 bits per heavy atom. The topological polar surface area (TPSA) is 165 Å². The lowest BCUT2D eigenvalue weighted by atomic mass is 9.91. The molecule has 0 heterocycles. The zero-order valence-corrected chi connectivity index (χ0v) is 17.6. The molecule has 29 heavy (non-hydrogen) atoms. The minimum Gasteiger partial charge on any atom is -0.508 e. The van der Waals surface area contributed by atoms with Gasteiger partial charge in [-0.2, -0.15) is 4.31 Å². The highest BCUT2D eigenvalue weighted by atomic mass is 31.3. The lowest BCUT2D eigenvalue weighted by molar-refractivity contribution is 0.225. The van der Waals surface area contributed by atoms with Crippen molar-refractivity contribution < 1.29 is 43.2 Å². The van der Waals surface area contributed by atoms with Gasteiger partial charge in [0.15, 0.2) is 0 Å². The van der Waals surface area contributed by atoms with E-state index >= 15 is 0 Å². The van der Waals surface area contributed by atoms with Crippen molar-refractivity contribution in [2.45, 2.75) is 26.7 Å². The van der Waals surface area contributed by atoms with Gasteiger partial charge < -0.3 is 29.8 Å². The normalized spacial score (nSPS) is 12.6. The number of rotatable bonds is 6. The molecule has 2 rings (SSSR count). The molecule has 0 radical (unpaired) electrons. The lowest BCUT2D eigenvalue weighted by Gasteiger charge is -2.14. The van der Waals surface area contributed by atoms with Crippen LogP contribution in [0.4, 0.5) is 0 Å². The first-order valence-electron chi connectivity index (χ1n) is 8.49. The fourth-order valence-electron chi connectivity index (χ4n) is 2.65. The monoisotopic (exact) mass is 446 g/mol. The molecular weight excluding hydrogens is 422 g/mol. The van der Waals surface area contributed by atoms with Crippen LogP contribution in [0.15, 0.2) is 48.5 Å². The fraction of sp³-hybridized carbons (Fsp3) is 0.222. The molecule has 0 amide bonds. The Labute approximate surface area is 168 Å². The predicted molar refractivity (Wildman–Crippen MR) is 109 cm³/mol. The zero-order chi connectivity index (χ0) is 22.2. The van der Waals surface area contributed by atoms with Crippen LogP contribution in [-0.4, -0.2) is 29.8 Å². The summed E-state index contributed by atoms with van der Waals surface area (Å²) in [7, 11) is -10.1. The Balaban J connectivity index is 0.000000396. The van der Waals surface area contributed by atoms with Gasteiger partial charge in [0.05, 0.1) is 0 Å². The fourth-order valence-corrected chi connectivity index (χ4v) is 3.76. The van der Waals surface area contributed by atoms with Crippen molar-refractivity contribution in [1.82, 2.24) is 0 Å². The van der Waals surface area contributed by atoms with E-state index in [0.717, 1.165) is 24.0 Å². The van der Waals surface area contributed by atoms with Gasteiger partial charge in [-0.15, -0.1) is 0 Å². The average molecular weight is 446 g/mol. The van der Waals surface area contributed by atoms with Crippen molar-refractivity contribution >= 4 is 26.8 Å². The summed E-state index contributed by atoms with van der Waals surface area (Å²) in [6.45, 7) is 4.27. The van der Waals surface area contributed by atoms with Crippen molar-refractivity contribution in [2.75, 3.05) is 0 Å². The molecule has 0 aliphatic carbocycles. The number of phenols is 2. The maximum absolute atomic E-state index is 9.63. The zero-order valence-electron chi connectivity index (χ0n) is 15.8. The molecule has 0 aliphatic heterocycles. The van der Waals surface area contributed by atoms with E-state index in [1.165, 1.54) is 11.1 Å².